The Hall–Kier alpha value is -2.34. The number of benzene rings is 2. The summed E-state index contributed by atoms with van der Waals surface area (Å²) in [6.45, 7) is 5.06. The average Bonchev–Trinajstić information content (AvgIpc) is 2.61. The molecule has 0 spiro atoms. The fourth-order valence-electron chi connectivity index (χ4n) is 2.33. The second-order valence-corrected chi connectivity index (χ2v) is 6.27. The summed E-state index contributed by atoms with van der Waals surface area (Å²) in [7, 11) is 0. The van der Waals surface area contributed by atoms with Gasteiger partial charge in [0.1, 0.15) is 5.75 Å². The molecule has 132 valence electrons. The van der Waals surface area contributed by atoms with E-state index in [1.54, 1.807) is 41.3 Å². The zero-order chi connectivity index (χ0) is 18.2. The van der Waals surface area contributed by atoms with Crippen LogP contribution in [0.3, 0.4) is 0 Å². The van der Waals surface area contributed by atoms with Gasteiger partial charge in [-0.25, -0.2) is 0 Å². The van der Waals surface area contributed by atoms with Gasteiger partial charge in [0.15, 0.2) is 6.61 Å². The Bertz CT molecular complexity index is 745. The number of hydrogen-bond donors (Lipinski definition) is 1. The predicted octanol–water partition coefficient (Wildman–Crippen LogP) is 3.95. The van der Waals surface area contributed by atoms with Crippen LogP contribution in [0.4, 0.5) is 5.69 Å². The van der Waals surface area contributed by atoms with Crippen LogP contribution < -0.4 is 10.1 Å². The minimum absolute atomic E-state index is 0.0496. The number of ether oxygens (including phenoxy) is 1. The maximum Gasteiger partial charge on any atom is 0.262 e. The molecule has 2 amide bonds. The highest BCUT2D eigenvalue weighted by molar-refractivity contribution is 9.10. The molecule has 0 saturated carbocycles. The Kier molecular flexibility index (Phi) is 7.01. The summed E-state index contributed by atoms with van der Waals surface area (Å²) >= 11 is 3.35. The molecular weight excluding hydrogens is 384 g/mol. The number of hydrogen-bond acceptors (Lipinski definition) is 3. The third-order valence-electron chi connectivity index (χ3n) is 3.61. The van der Waals surface area contributed by atoms with Gasteiger partial charge < -0.3 is 15.0 Å². The van der Waals surface area contributed by atoms with Gasteiger partial charge in [0.05, 0.1) is 0 Å². The number of halogens is 1. The molecule has 0 atom stereocenters. The molecule has 0 aliphatic carbocycles. The SMILES string of the molecule is CCN(CC)C(=O)c1cccc(NC(=O)COc2cccc(Br)c2)c1. The van der Waals surface area contributed by atoms with E-state index in [9.17, 15) is 9.59 Å². The quantitative estimate of drug-likeness (QED) is 0.759. The molecule has 2 aromatic carbocycles. The van der Waals surface area contributed by atoms with Crippen LogP contribution in [0.15, 0.2) is 53.0 Å². The standard InChI is InChI=1S/C19H21BrN2O3/c1-3-22(4-2)19(24)14-7-5-9-16(11-14)21-18(23)13-25-17-10-6-8-15(20)12-17/h5-12H,3-4,13H2,1-2H3,(H,21,23). The van der Waals surface area contributed by atoms with E-state index in [1.165, 1.54) is 0 Å². The minimum Gasteiger partial charge on any atom is -0.484 e. The zero-order valence-electron chi connectivity index (χ0n) is 14.3. The summed E-state index contributed by atoms with van der Waals surface area (Å²) in [4.78, 5) is 26.2. The second-order valence-electron chi connectivity index (χ2n) is 5.35. The lowest BCUT2D eigenvalue weighted by atomic mass is 10.1. The molecule has 25 heavy (non-hydrogen) atoms. The zero-order valence-corrected chi connectivity index (χ0v) is 15.9. The van der Waals surface area contributed by atoms with Crippen molar-refractivity contribution in [2.45, 2.75) is 13.8 Å². The molecule has 0 aliphatic heterocycles. The molecule has 6 heteroatoms. The average molecular weight is 405 g/mol. The van der Waals surface area contributed by atoms with Crippen molar-refractivity contribution in [1.29, 1.82) is 0 Å². The normalized spacial score (nSPS) is 10.2. The van der Waals surface area contributed by atoms with Crippen molar-refractivity contribution in [2.24, 2.45) is 0 Å². The van der Waals surface area contributed by atoms with Gasteiger partial charge >= 0.3 is 0 Å². The fourth-order valence-corrected chi connectivity index (χ4v) is 2.70. The summed E-state index contributed by atoms with van der Waals surface area (Å²) in [6.07, 6.45) is 0. The third kappa shape index (κ3) is 5.60. The van der Waals surface area contributed by atoms with Crippen LogP contribution in [0.5, 0.6) is 5.75 Å². The summed E-state index contributed by atoms with van der Waals surface area (Å²) in [6, 6.07) is 14.2. The van der Waals surface area contributed by atoms with Crippen molar-refractivity contribution in [1.82, 2.24) is 4.90 Å². The molecule has 0 bridgehead atoms. The number of amides is 2. The molecule has 0 unspecified atom stereocenters. The lowest BCUT2D eigenvalue weighted by Gasteiger charge is -2.19. The molecule has 0 aromatic heterocycles. The second kappa shape index (κ2) is 9.22. The molecule has 0 heterocycles. The van der Waals surface area contributed by atoms with E-state index < -0.39 is 0 Å². The number of nitrogens with one attached hydrogen (secondary N) is 1. The van der Waals surface area contributed by atoms with E-state index in [-0.39, 0.29) is 18.4 Å². The maximum absolute atomic E-state index is 12.4. The summed E-state index contributed by atoms with van der Waals surface area (Å²) in [5, 5.41) is 2.75. The van der Waals surface area contributed by atoms with Crippen LogP contribution in [0.2, 0.25) is 0 Å². The van der Waals surface area contributed by atoms with Crippen molar-refractivity contribution in [2.75, 3.05) is 25.0 Å². The van der Waals surface area contributed by atoms with E-state index in [0.717, 1.165) is 4.47 Å². The molecule has 0 aliphatic rings. The first-order chi connectivity index (χ1) is 12.0. The van der Waals surface area contributed by atoms with Crippen LogP contribution in [0.25, 0.3) is 0 Å². The Morgan fingerprint density at radius 2 is 1.80 bits per heavy atom. The highest BCUT2D eigenvalue weighted by Crippen LogP contribution is 2.18. The lowest BCUT2D eigenvalue weighted by molar-refractivity contribution is -0.118. The predicted molar refractivity (Wildman–Crippen MR) is 102 cm³/mol. The summed E-state index contributed by atoms with van der Waals surface area (Å²) in [5.41, 5.74) is 1.12. The van der Waals surface area contributed by atoms with Crippen molar-refractivity contribution in [3.63, 3.8) is 0 Å². The highest BCUT2D eigenvalue weighted by Gasteiger charge is 2.13. The van der Waals surface area contributed by atoms with Gasteiger partial charge in [-0.1, -0.05) is 28.1 Å². The van der Waals surface area contributed by atoms with Crippen LogP contribution in [-0.4, -0.2) is 36.4 Å². The molecule has 0 fully saturated rings. The highest BCUT2D eigenvalue weighted by atomic mass is 79.9. The topological polar surface area (TPSA) is 58.6 Å². The van der Waals surface area contributed by atoms with Crippen molar-refractivity contribution >= 4 is 33.4 Å². The van der Waals surface area contributed by atoms with Gasteiger partial charge in [-0.3, -0.25) is 9.59 Å². The van der Waals surface area contributed by atoms with Crippen LogP contribution >= 0.6 is 15.9 Å². The smallest absolute Gasteiger partial charge is 0.262 e. The van der Waals surface area contributed by atoms with E-state index in [1.807, 2.05) is 26.0 Å². The molecular formula is C19H21BrN2O3. The van der Waals surface area contributed by atoms with E-state index in [0.29, 0.717) is 30.1 Å². The van der Waals surface area contributed by atoms with Crippen LogP contribution in [0, 0.1) is 0 Å². The van der Waals surface area contributed by atoms with Gasteiger partial charge in [-0.2, -0.15) is 0 Å². The van der Waals surface area contributed by atoms with Gasteiger partial charge in [0, 0.05) is 28.8 Å². The van der Waals surface area contributed by atoms with Crippen molar-refractivity contribution in [3.05, 3.63) is 58.6 Å². The first-order valence-corrected chi connectivity index (χ1v) is 8.90. The molecule has 0 radical (unpaired) electrons. The molecule has 2 rings (SSSR count). The molecule has 0 saturated heterocycles. The van der Waals surface area contributed by atoms with Crippen LogP contribution in [-0.2, 0) is 4.79 Å². The van der Waals surface area contributed by atoms with Crippen molar-refractivity contribution < 1.29 is 14.3 Å². The van der Waals surface area contributed by atoms with Gasteiger partial charge in [0.25, 0.3) is 11.8 Å². The maximum atomic E-state index is 12.4. The summed E-state index contributed by atoms with van der Waals surface area (Å²) < 4.78 is 6.34. The van der Waals surface area contributed by atoms with Gasteiger partial charge in [0.2, 0.25) is 0 Å². The number of carbonyl (C=O) groups excluding carboxylic acids is 2. The number of carbonyl (C=O) groups is 2. The first-order valence-electron chi connectivity index (χ1n) is 8.11. The third-order valence-corrected chi connectivity index (χ3v) is 4.10. The summed E-state index contributed by atoms with van der Waals surface area (Å²) in [5.74, 6) is 0.272. The monoisotopic (exact) mass is 404 g/mol. The number of anilines is 1. The fraction of sp³-hybridized carbons (Fsp3) is 0.263. The van der Waals surface area contributed by atoms with E-state index in [4.69, 9.17) is 4.74 Å². The molecule has 1 N–H and O–H groups in total. The lowest BCUT2D eigenvalue weighted by Crippen LogP contribution is -2.30. The van der Waals surface area contributed by atoms with Crippen molar-refractivity contribution in [3.8, 4) is 5.75 Å². The Morgan fingerprint density at radius 1 is 1.08 bits per heavy atom. The van der Waals surface area contributed by atoms with E-state index in [2.05, 4.69) is 21.2 Å². The Labute approximate surface area is 156 Å². The van der Waals surface area contributed by atoms with Crippen LogP contribution in [0.1, 0.15) is 24.2 Å². The first kappa shape index (κ1) is 19.0. The van der Waals surface area contributed by atoms with Gasteiger partial charge in [-0.05, 0) is 50.2 Å². The number of rotatable bonds is 7. The minimum atomic E-state index is -0.285. The molecule has 5 nitrogen and oxygen atoms in total. The Balaban J connectivity index is 1.97. The van der Waals surface area contributed by atoms with E-state index >= 15 is 0 Å². The Morgan fingerprint density at radius 3 is 2.48 bits per heavy atom. The molecule has 2 aromatic rings. The number of nitrogens with zero attached hydrogens (tertiary/aromatic N) is 1. The largest absolute Gasteiger partial charge is 0.484 e. The van der Waals surface area contributed by atoms with Gasteiger partial charge in [-0.15, -0.1) is 0 Å².